The lowest BCUT2D eigenvalue weighted by Gasteiger charge is -2.13. The maximum atomic E-state index is 11.5. The van der Waals surface area contributed by atoms with Gasteiger partial charge in [0, 0.05) is 31.9 Å². The van der Waals surface area contributed by atoms with Crippen molar-refractivity contribution in [2.45, 2.75) is 18.6 Å². The summed E-state index contributed by atoms with van der Waals surface area (Å²) in [6.45, 7) is 6.53. The van der Waals surface area contributed by atoms with Crippen molar-refractivity contribution >= 4 is 23.4 Å². The zero-order valence-electron chi connectivity index (χ0n) is 14.2. The van der Waals surface area contributed by atoms with Gasteiger partial charge in [0.2, 0.25) is 0 Å². The topological polar surface area (TPSA) is 60.3 Å². The molecule has 0 fully saturated rings. The van der Waals surface area contributed by atoms with Crippen LogP contribution >= 0.6 is 11.8 Å². The van der Waals surface area contributed by atoms with E-state index in [1.54, 1.807) is 13.0 Å². The van der Waals surface area contributed by atoms with Gasteiger partial charge in [-0.3, -0.25) is 9.36 Å². The summed E-state index contributed by atoms with van der Waals surface area (Å²) in [6.07, 6.45) is 1.79. The molecule has 128 valence electrons. The van der Waals surface area contributed by atoms with Gasteiger partial charge in [0.05, 0.1) is 12.4 Å². The van der Waals surface area contributed by atoms with Crippen LogP contribution in [0, 0.1) is 0 Å². The Bertz CT molecular complexity index is 695. The molecule has 1 heterocycles. The molecule has 2 aromatic rings. The van der Waals surface area contributed by atoms with Crippen molar-refractivity contribution in [2.24, 2.45) is 0 Å². The molecule has 0 saturated carbocycles. The first-order chi connectivity index (χ1) is 11.6. The molecule has 2 rings (SSSR count). The van der Waals surface area contributed by atoms with Crippen LogP contribution in [0.2, 0.25) is 0 Å². The molecule has 0 saturated heterocycles. The molecule has 0 radical (unpaired) electrons. The third-order valence-electron chi connectivity index (χ3n) is 3.29. The van der Waals surface area contributed by atoms with Crippen molar-refractivity contribution in [3.05, 3.63) is 36.9 Å². The average Bonchev–Trinajstić information content (AvgIpc) is 2.96. The van der Waals surface area contributed by atoms with Gasteiger partial charge in [-0.05, 0) is 31.2 Å². The largest absolute Gasteiger partial charge is 0.465 e. The summed E-state index contributed by atoms with van der Waals surface area (Å²) in [6, 6.07) is 8.10. The molecule has 0 aliphatic carbocycles. The van der Waals surface area contributed by atoms with Crippen LogP contribution in [0.25, 0.3) is 11.4 Å². The standard InChI is InChI=1S/C17H22N4O2S/c1-5-11-21-16(13-7-9-14(10-8-13)20(3)4)18-19-17(21)24-12-15(22)23-6-2/h5,7-10H,1,6,11-12H2,2-4H3. The van der Waals surface area contributed by atoms with Crippen molar-refractivity contribution in [2.75, 3.05) is 31.4 Å². The zero-order valence-corrected chi connectivity index (χ0v) is 15.0. The number of esters is 1. The number of thioether (sulfide) groups is 1. The second-order valence-corrected chi connectivity index (χ2v) is 6.18. The van der Waals surface area contributed by atoms with E-state index in [-0.39, 0.29) is 11.7 Å². The predicted molar refractivity (Wildman–Crippen MR) is 97.3 cm³/mol. The average molecular weight is 346 g/mol. The molecule has 6 nitrogen and oxygen atoms in total. The van der Waals surface area contributed by atoms with Crippen molar-refractivity contribution in [1.82, 2.24) is 14.8 Å². The van der Waals surface area contributed by atoms with Gasteiger partial charge in [-0.2, -0.15) is 0 Å². The fourth-order valence-electron chi connectivity index (χ4n) is 2.14. The molecule has 1 aromatic heterocycles. The maximum Gasteiger partial charge on any atom is 0.316 e. The first-order valence-corrected chi connectivity index (χ1v) is 8.65. The molecule has 0 atom stereocenters. The molecular weight excluding hydrogens is 324 g/mol. The molecule has 24 heavy (non-hydrogen) atoms. The summed E-state index contributed by atoms with van der Waals surface area (Å²) in [5.74, 6) is 0.710. The molecule has 0 N–H and O–H groups in total. The SMILES string of the molecule is C=CCn1c(SCC(=O)OCC)nnc1-c1ccc(N(C)C)cc1. The van der Waals surface area contributed by atoms with Crippen LogP contribution < -0.4 is 4.90 Å². The molecule has 0 aliphatic rings. The molecule has 0 amide bonds. The monoisotopic (exact) mass is 346 g/mol. The number of carbonyl (C=O) groups excluding carboxylic acids is 1. The molecule has 0 spiro atoms. The number of carbonyl (C=O) groups is 1. The van der Waals surface area contributed by atoms with Crippen molar-refractivity contribution in [1.29, 1.82) is 0 Å². The van der Waals surface area contributed by atoms with Crippen molar-refractivity contribution in [3.8, 4) is 11.4 Å². The van der Waals surface area contributed by atoms with Gasteiger partial charge in [0.25, 0.3) is 0 Å². The van der Waals surface area contributed by atoms with Gasteiger partial charge in [-0.1, -0.05) is 17.8 Å². The Morgan fingerprint density at radius 3 is 2.62 bits per heavy atom. The van der Waals surface area contributed by atoms with Crippen LogP contribution in [0.4, 0.5) is 5.69 Å². The van der Waals surface area contributed by atoms with E-state index < -0.39 is 0 Å². The second kappa shape index (κ2) is 8.54. The summed E-state index contributed by atoms with van der Waals surface area (Å²) >= 11 is 1.32. The van der Waals surface area contributed by atoms with Crippen molar-refractivity contribution < 1.29 is 9.53 Å². The van der Waals surface area contributed by atoms with E-state index in [1.807, 2.05) is 47.8 Å². The summed E-state index contributed by atoms with van der Waals surface area (Å²) in [5, 5.41) is 9.17. The quantitative estimate of drug-likeness (QED) is 0.416. The number of benzene rings is 1. The number of nitrogens with zero attached hydrogens (tertiary/aromatic N) is 4. The first kappa shape index (κ1) is 18.1. The summed E-state index contributed by atoms with van der Waals surface area (Å²) in [7, 11) is 4.00. The Kier molecular flexibility index (Phi) is 6.43. The molecule has 0 bridgehead atoms. The second-order valence-electron chi connectivity index (χ2n) is 5.24. The van der Waals surface area contributed by atoms with E-state index in [0.717, 1.165) is 17.1 Å². The Morgan fingerprint density at radius 2 is 2.04 bits per heavy atom. The smallest absolute Gasteiger partial charge is 0.316 e. The lowest BCUT2D eigenvalue weighted by molar-refractivity contribution is -0.139. The molecule has 0 aliphatic heterocycles. The van der Waals surface area contributed by atoms with E-state index in [0.29, 0.717) is 18.3 Å². The molecule has 7 heteroatoms. The van der Waals surface area contributed by atoms with Gasteiger partial charge >= 0.3 is 5.97 Å². The number of allylic oxidation sites excluding steroid dienone is 1. The summed E-state index contributed by atoms with van der Waals surface area (Å²) in [4.78, 5) is 13.6. The van der Waals surface area contributed by atoms with Crippen LogP contribution in [0.5, 0.6) is 0 Å². The normalized spacial score (nSPS) is 10.5. The van der Waals surface area contributed by atoms with E-state index >= 15 is 0 Å². The highest BCUT2D eigenvalue weighted by Crippen LogP contribution is 2.25. The minimum atomic E-state index is -0.257. The van der Waals surface area contributed by atoms with Gasteiger partial charge in [-0.15, -0.1) is 16.8 Å². The van der Waals surface area contributed by atoms with Crippen molar-refractivity contribution in [3.63, 3.8) is 0 Å². The van der Waals surface area contributed by atoms with E-state index in [2.05, 4.69) is 16.8 Å². The predicted octanol–water partition coefficient (Wildman–Crippen LogP) is 2.85. The highest BCUT2D eigenvalue weighted by atomic mass is 32.2. The van der Waals surface area contributed by atoms with E-state index in [4.69, 9.17) is 4.74 Å². The third-order valence-corrected chi connectivity index (χ3v) is 4.24. The number of rotatable bonds is 8. The third kappa shape index (κ3) is 4.38. The highest BCUT2D eigenvalue weighted by Gasteiger charge is 2.15. The number of aromatic nitrogens is 3. The van der Waals surface area contributed by atoms with Crippen LogP contribution in [0.1, 0.15) is 6.92 Å². The molecular formula is C17H22N4O2S. The van der Waals surface area contributed by atoms with Gasteiger partial charge in [-0.25, -0.2) is 0 Å². The Hall–Kier alpha value is -2.28. The van der Waals surface area contributed by atoms with E-state index in [1.165, 1.54) is 11.8 Å². The lowest BCUT2D eigenvalue weighted by Crippen LogP contribution is -2.09. The Labute approximate surface area is 146 Å². The molecule has 1 aromatic carbocycles. The molecule has 0 unspecified atom stereocenters. The zero-order chi connectivity index (χ0) is 17.5. The maximum absolute atomic E-state index is 11.5. The first-order valence-electron chi connectivity index (χ1n) is 7.67. The van der Waals surface area contributed by atoms with E-state index in [9.17, 15) is 4.79 Å². The minimum Gasteiger partial charge on any atom is -0.465 e. The Balaban J connectivity index is 2.23. The fraction of sp³-hybridized carbons (Fsp3) is 0.353. The van der Waals surface area contributed by atoms with Crippen LogP contribution in [-0.2, 0) is 16.1 Å². The number of hydrogen-bond acceptors (Lipinski definition) is 6. The van der Waals surface area contributed by atoms with Crippen LogP contribution in [0.15, 0.2) is 42.1 Å². The summed E-state index contributed by atoms with van der Waals surface area (Å²) in [5.41, 5.74) is 2.09. The van der Waals surface area contributed by atoms with Gasteiger partial charge in [0.1, 0.15) is 0 Å². The minimum absolute atomic E-state index is 0.211. The Morgan fingerprint density at radius 1 is 1.33 bits per heavy atom. The highest BCUT2D eigenvalue weighted by molar-refractivity contribution is 7.99. The van der Waals surface area contributed by atoms with Crippen LogP contribution in [0.3, 0.4) is 0 Å². The van der Waals surface area contributed by atoms with Crippen LogP contribution in [-0.4, -0.2) is 47.2 Å². The number of anilines is 1. The van der Waals surface area contributed by atoms with Gasteiger partial charge < -0.3 is 9.64 Å². The number of ether oxygens (including phenoxy) is 1. The van der Waals surface area contributed by atoms with Gasteiger partial charge in [0.15, 0.2) is 11.0 Å². The summed E-state index contributed by atoms with van der Waals surface area (Å²) < 4.78 is 6.89. The lowest BCUT2D eigenvalue weighted by atomic mass is 10.2. The fourth-order valence-corrected chi connectivity index (χ4v) is 2.88. The number of hydrogen-bond donors (Lipinski definition) is 0.